The minimum Gasteiger partial charge on any atom is -0.492 e. The van der Waals surface area contributed by atoms with Gasteiger partial charge in [0.05, 0.1) is 12.2 Å². The Morgan fingerprint density at radius 2 is 1.94 bits per heavy atom. The molecule has 0 saturated heterocycles. The Balaban J connectivity index is 1.39. The van der Waals surface area contributed by atoms with Crippen molar-refractivity contribution in [3.63, 3.8) is 0 Å². The smallest absolute Gasteiger partial charge is 0.333 e. The summed E-state index contributed by atoms with van der Waals surface area (Å²) in [6, 6.07) is 13.6. The van der Waals surface area contributed by atoms with Crippen LogP contribution in [0.1, 0.15) is 43.9 Å². The number of benzene rings is 1. The molecule has 8 heteroatoms. The highest BCUT2D eigenvalue weighted by atomic mass is 16.6. The van der Waals surface area contributed by atoms with Gasteiger partial charge in [0.15, 0.2) is 6.10 Å². The second kappa shape index (κ2) is 11.8. The molecule has 1 aliphatic rings. The van der Waals surface area contributed by atoms with Crippen molar-refractivity contribution in [2.45, 2.75) is 51.7 Å². The van der Waals surface area contributed by atoms with Crippen LogP contribution in [0.3, 0.4) is 0 Å². The number of aliphatic carboxylic acids is 1. The maximum atomic E-state index is 11.3. The first-order valence-corrected chi connectivity index (χ1v) is 12.2. The summed E-state index contributed by atoms with van der Waals surface area (Å²) < 4.78 is 13.3. The summed E-state index contributed by atoms with van der Waals surface area (Å²) in [7, 11) is 1.59. The number of hydrogen-bond acceptors (Lipinski definition) is 6. The van der Waals surface area contributed by atoms with E-state index in [4.69, 9.17) is 19.3 Å². The molecule has 3 aromatic rings. The van der Waals surface area contributed by atoms with Crippen molar-refractivity contribution in [2.24, 2.45) is 11.1 Å². The Hall–Kier alpha value is -3.39. The van der Waals surface area contributed by atoms with E-state index in [9.17, 15) is 9.90 Å². The molecule has 2 heterocycles. The zero-order valence-corrected chi connectivity index (χ0v) is 20.4. The van der Waals surface area contributed by atoms with E-state index in [0.29, 0.717) is 32.1 Å². The highest BCUT2D eigenvalue weighted by molar-refractivity contribution is 6.01. The summed E-state index contributed by atoms with van der Waals surface area (Å²) in [5, 5.41) is 14.7. The number of fused-ring (bicyclic) bond motifs is 1. The summed E-state index contributed by atoms with van der Waals surface area (Å²) in [5.41, 5.74) is 3.60. The second-order valence-electron chi connectivity index (χ2n) is 8.74. The van der Waals surface area contributed by atoms with E-state index < -0.39 is 12.1 Å². The van der Waals surface area contributed by atoms with Gasteiger partial charge in [0.2, 0.25) is 0 Å². The molecule has 0 radical (unpaired) electrons. The van der Waals surface area contributed by atoms with Crippen molar-refractivity contribution >= 4 is 22.7 Å². The van der Waals surface area contributed by atoms with Crippen LogP contribution in [0.4, 0.5) is 0 Å². The van der Waals surface area contributed by atoms with Gasteiger partial charge in [-0.05, 0) is 55.7 Å². The van der Waals surface area contributed by atoms with Gasteiger partial charge in [-0.3, -0.25) is 0 Å². The lowest BCUT2D eigenvalue weighted by Gasteiger charge is -2.13. The number of ether oxygens (including phenoxy) is 2. The molecule has 2 aromatic heterocycles. The van der Waals surface area contributed by atoms with E-state index >= 15 is 0 Å². The molecule has 1 aromatic carbocycles. The topological polar surface area (TPSA) is 95.2 Å². The highest BCUT2D eigenvalue weighted by Gasteiger charge is 2.24. The van der Waals surface area contributed by atoms with Crippen LogP contribution in [0.2, 0.25) is 0 Å². The van der Waals surface area contributed by atoms with Gasteiger partial charge in [-0.15, -0.1) is 0 Å². The molecular formula is C27H33N3O5. The first kappa shape index (κ1) is 24.7. The number of carbonyl (C=O) groups is 1. The number of oxime groups is 1. The molecule has 1 unspecified atom stereocenters. The molecule has 1 atom stereocenters. The molecule has 1 fully saturated rings. The van der Waals surface area contributed by atoms with Gasteiger partial charge >= 0.3 is 5.97 Å². The van der Waals surface area contributed by atoms with Crippen LogP contribution in [-0.2, 0) is 27.3 Å². The number of carboxylic acids is 1. The molecular weight excluding hydrogens is 446 g/mol. The highest BCUT2D eigenvalue weighted by Crippen LogP contribution is 2.29. The van der Waals surface area contributed by atoms with Crippen molar-refractivity contribution in [3.8, 4) is 5.75 Å². The monoisotopic (exact) mass is 479 g/mol. The summed E-state index contributed by atoms with van der Waals surface area (Å²) in [6.45, 7) is 3.28. The zero-order valence-electron chi connectivity index (χ0n) is 20.4. The Kier molecular flexibility index (Phi) is 8.36. The number of pyridine rings is 1. The predicted octanol–water partition coefficient (Wildman–Crippen LogP) is 4.69. The van der Waals surface area contributed by atoms with Crippen molar-refractivity contribution in [3.05, 3.63) is 59.9 Å². The Morgan fingerprint density at radius 1 is 1.17 bits per heavy atom. The molecule has 1 aliphatic carbocycles. The van der Waals surface area contributed by atoms with Gasteiger partial charge < -0.3 is 24.0 Å². The molecule has 8 nitrogen and oxygen atoms in total. The summed E-state index contributed by atoms with van der Waals surface area (Å²) >= 11 is 0. The number of hydrogen-bond donors (Lipinski definition) is 1. The number of nitrogens with zero attached hydrogens (tertiary/aromatic N) is 3. The van der Waals surface area contributed by atoms with Gasteiger partial charge in [-0.2, -0.15) is 0 Å². The fourth-order valence-electron chi connectivity index (χ4n) is 4.63. The van der Waals surface area contributed by atoms with Crippen molar-refractivity contribution in [1.82, 2.24) is 9.55 Å². The lowest BCUT2D eigenvalue weighted by Crippen LogP contribution is -2.26. The Labute approximate surface area is 205 Å². The molecule has 0 aliphatic heterocycles. The van der Waals surface area contributed by atoms with Crippen LogP contribution in [0.5, 0.6) is 5.75 Å². The minimum absolute atomic E-state index is 0.321. The third kappa shape index (κ3) is 6.19. The molecule has 0 bridgehead atoms. The summed E-state index contributed by atoms with van der Waals surface area (Å²) in [6.07, 6.45) is 6.19. The second-order valence-corrected chi connectivity index (χ2v) is 8.74. The largest absolute Gasteiger partial charge is 0.492 e. The number of rotatable bonds is 12. The summed E-state index contributed by atoms with van der Waals surface area (Å²) in [5.74, 6) is 0.179. The zero-order chi connectivity index (χ0) is 24.6. The SMILES string of the molecule is CCOC(Cc1ccc(OCCn2ccc3ccc(/C(=N/OC)C4CCCC4)nc32)cc1)C(=O)O. The first-order chi connectivity index (χ1) is 17.1. The van der Waals surface area contributed by atoms with E-state index in [1.54, 1.807) is 14.0 Å². The lowest BCUT2D eigenvalue weighted by molar-refractivity contribution is -0.149. The molecule has 1 saturated carbocycles. The molecule has 1 N–H and O–H groups in total. The maximum Gasteiger partial charge on any atom is 0.333 e. The number of carboxylic acid groups (broad SMARTS) is 1. The standard InChI is InChI=1S/C27H33N3O5/c1-3-34-24(27(31)32)18-19-8-11-22(12-9-19)35-17-16-30-15-14-21-10-13-23(28-26(21)30)25(29-33-2)20-6-4-5-7-20/h8-15,20,24H,3-7,16-18H2,1-2H3,(H,31,32)/b29-25+. The lowest BCUT2D eigenvalue weighted by atomic mass is 9.98. The van der Waals surface area contributed by atoms with Crippen molar-refractivity contribution < 1.29 is 24.2 Å². The minimum atomic E-state index is -0.952. The van der Waals surface area contributed by atoms with E-state index in [2.05, 4.69) is 21.9 Å². The van der Waals surface area contributed by atoms with Crippen LogP contribution in [-0.4, -0.2) is 52.8 Å². The quantitative estimate of drug-likeness (QED) is 0.299. The van der Waals surface area contributed by atoms with Gasteiger partial charge in [0, 0.05) is 30.5 Å². The van der Waals surface area contributed by atoms with E-state index in [-0.39, 0.29) is 0 Å². The van der Waals surface area contributed by atoms with Gasteiger partial charge in [0.1, 0.15) is 30.8 Å². The average Bonchev–Trinajstić information content (AvgIpc) is 3.53. The Morgan fingerprint density at radius 3 is 2.63 bits per heavy atom. The molecule has 4 rings (SSSR count). The fraction of sp³-hybridized carbons (Fsp3) is 0.444. The molecule has 186 valence electrons. The third-order valence-corrected chi connectivity index (χ3v) is 6.39. The van der Waals surface area contributed by atoms with Gasteiger partial charge in [0.25, 0.3) is 0 Å². The van der Waals surface area contributed by atoms with E-state index in [1.807, 2.05) is 36.5 Å². The van der Waals surface area contributed by atoms with Crippen molar-refractivity contribution in [2.75, 3.05) is 20.3 Å². The predicted molar refractivity (Wildman–Crippen MR) is 134 cm³/mol. The van der Waals surface area contributed by atoms with Crippen LogP contribution in [0, 0.1) is 5.92 Å². The van der Waals surface area contributed by atoms with Crippen LogP contribution < -0.4 is 4.74 Å². The fourth-order valence-corrected chi connectivity index (χ4v) is 4.63. The average molecular weight is 480 g/mol. The van der Waals surface area contributed by atoms with E-state index in [1.165, 1.54) is 12.8 Å². The summed E-state index contributed by atoms with van der Waals surface area (Å²) in [4.78, 5) is 21.4. The Bertz CT molecular complexity index is 1150. The normalized spacial score (nSPS) is 15.4. The molecule has 0 amide bonds. The van der Waals surface area contributed by atoms with Gasteiger partial charge in [-0.1, -0.05) is 30.1 Å². The van der Waals surface area contributed by atoms with Crippen LogP contribution >= 0.6 is 0 Å². The number of aromatic nitrogens is 2. The van der Waals surface area contributed by atoms with Crippen molar-refractivity contribution in [1.29, 1.82) is 0 Å². The van der Waals surface area contributed by atoms with Crippen LogP contribution in [0.25, 0.3) is 11.0 Å². The first-order valence-electron chi connectivity index (χ1n) is 12.2. The van der Waals surface area contributed by atoms with Crippen LogP contribution in [0.15, 0.2) is 53.8 Å². The van der Waals surface area contributed by atoms with E-state index in [0.717, 1.165) is 46.6 Å². The molecule has 35 heavy (non-hydrogen) atoms. The van der Waals surface area contributed by atoms with Gasteiger partial charge in [-0.25, -0.2) is 9.78 Å². The maximum absolute atomic E-state index is 11.3. The third-order valence-electron chi connectivity index (χ3n) is 6.39. The molecule has 0 spiro atoms.